The maximum Gasteiger partial charge on any atom is 0.0784 e. The van der Waals surface area contributed by atoms with E-state index in [1.54, 1.807) is 0 Å². The molecule has 0 aromatic carbocycles. The number of hydrogen-bond acceptors (Lipinski definition) is 4. The normalized spacial score (nSPS) is 18.7. The Kier molecular flexibility index (Phi) is 7.21. The van der Waals surface area contributed by atoms with Crippen molar-refractivity contribution in [1.29, 1.82) is 0 Å². The number of aliphatic hydroxyl groups is 1. The highest BCUT2D eigenvalue weighted by Crippen LogP contribution is 2.23. The van der Waals surface area contributed by atoms with Crippen LogP contribution in [-0.2, 0) is 4.74 Å². The Labute approximate surface area is 122 Å². The molecule has 0 atom stereocenters. The summed E-state index contributed by atoms with van der Waals surface area (Å²) in [4.78, 5) is 3.10. The standard InChI is InChI=1S/C14H28N2O2S/c1-14(2,13(15)19)6-3-7-16-8-4-12(5-9-16)18-11-10-17/h12,17H,3-11H2,1-2H3,(H2,15,19). The molecule has 0 aliphatic carbocycles. The van der Waals surface area contributed by atoms with E-state index in [4.69, 9.17) is 27.8 Å². The van der Waals surface area contributed by atoms with E-state index in [2.05, 4.69) is 18.7 Å². The third-order valence-corrected chi connectivity index (χ3v) is 4.48. The second-order valence-electron chi connectivity index (χ2n) is 5.99. The molecular formula is C14H28N2O2S. The molecule has 1 aliphatic rings. The van der Waals surface area contributed by atoms with E-state index < -0.39 is 0 Å². The molecule has 0 amide bonds. The molecule has 1 aliphatic heterocycles. The van der Waals surface area contributed by atoms with Crippen molar-refractivity contribution in [2.24, 2.45) is 11.1 Å². The number of aliphatic hydroxyl groups excluding tert-OH is 1. The van der Waals surface area contributed by atoms with Crippen molar-refractivity contribution in [3.8, 4) is 0 Å². The Bertz CT molecular complexity index is 277. The van der Waals surface area contributed by atoms with Crippen LogP contribution in [0.2, 0.25) is 0 Å². The summed E-state index contributed by atoms with van der Waals surface area (Å²) in [6, 6.07) is 0. The topological polar surface area (TPSA) is 58.7 Å². The SMILES string of the molecule is CC(C)(CCCN1CCC(OCCO)CC1)C(N)=S. The predicted molar refractivity (Wildman–Crippen MR) is 82.3 cm³/mol. The third kappa shape index (κ3) is 6.17. The molecule has 0 aromatic rings. The molecule has 0 saturated carbocycles. The smallest absolute Gasteiger partial charge is 0.0784 e. The Morgan fingerprint density at radius 3 is 2.58 bits per heavy atom. The summed E-state index contributed by atoms with van der Waals surface area (Å²) >= 11 is 5.08. The molecule has 1 fully saturated rings. The molecule has 0 bridgehead atoms. The molecular weight excluding hydrogens is 260 g/mol. The molecule has 1 saturated heterocycles. The molecule has 1 rings (SSSR count). The first-order valence-electron chi connectivity index (χ1n) is 7.20. The van der Waals surface area contributed by atoms with Gasteiger partial charge >= 0.3 is 0 Å². The third-order valence-electron chi connectivity index (χ3n) is 3.92. The summed E-state index contributed by atoms with van der Waals surface area (Å²) in [6.45, 7) is 8.10. The van der Waals surface area contributed by atoms with Gasteiger partial charge in [-0.3, -0.25) is 0 Å². The number of ether oxygens (including phenoxy) is 1. The van der Waals surface area contributed by atoms with Crippen LogP contribution in [0.3, 0.4) is 0 Å². The van der Waals surface area contributed by atoms with Crippen LogP contribution in [0.5, 0.6) is 0 Å². The second kappa shape index (κ2) is 8.15. The van der Waals surface area contributed by atoms with E-state index in [9.17, 15) is 0 Å². The van der Waals surface area contributed by atoms with Gasteiger partial charge in [0.15, 0.2) is 0 Å². The summed E-state index contributed by atoms with van der Waals surface area (Å²) in [5.74, 6) is 0. The van der Waals surface area contributed by atoms with Crippen LogP contribution >= 0.6 is 12.2 Å². The predicted octanol–water partition coefficient (Wildman–Crippen LogP) is 1.55. The van der Waals surface area contributed by atoms with Crippen molar-refractivity contribution >= 4 is 17.2 Å². The van der Waals surface area contributed by atoms with Crippen molar-refractivity contribution < 1.29 is 9.84 Å². The minimum absolute atomic E-state index is 0.0299. The van der Waals surface area contributed by atoms with Gasteiger partial charge in [0.2, 0.25) is 0 Å². The van der Waals surface area contributed by atoms with Crippen LogP contribution in [0.4, 0.5) is 0 Å². The number of rotatable bonds is 8. The van der Waals surface area contributed by atoms with Crippen LogP contribution in [0, 0.1) is 5.41 Å². The van der Waals surface area contributed by atoms with Gasteiger partial charge in [0, 0.05) is 18.5 Å². The van der Waals surface area contributed by atoms with E-state index in [1.165, 1.54) is 0 Å². The molecule has 19 heavy (non-hydrogen) atoms. The minimum Gasteiger partial charge on any atom is -0.394 e. The van der Waals surface area contributed by atoms with Crippen molar-refractivity contribution in [2.45, 2.75) is 45.6 Å². The van der Waals surface area contributed by atoms with Gasteiger partial charge in [-0.15, -0.1) is 0 Å². The fraction of sp³-hybridized carbons (Fsp3) is 0.929. The lowest BCUT2D eigenvalue weighted by atomic mass is 9.88. The first-order chi connectivity index (χ1) is 8.95. The lowest BCUT2D eigenvalue weighted by Gasteiger charge is -2.32. The monoisotopic (exact) mass is 288 g/mol. The van der Waals surface area contributed by atoms with Gasteiger partial charge in [-0.1, -0.05) is 26.1 Å². The minimum atomic E-state index is -0.0299. The highest BCUT2D eigenvalue weighted by molar-refractivity contribution is 7.80. The molecule has 5 heteroatoms. The van der Waals surface area contributed by atoms with Crippen LogP contribution < -0.4 is 5.73 Å². The average molecular weight is 288 g/mol. The lowest BCUT2D eigenvalue weighted by Crippen LogP contribution is -2.38. The molecule has 0 aromatic heterocycles. The van der Waals surface area contributed by atoms with E-state index in [-0.39, 0.29) is 12.0 Å². The van der Waals surface area contributed by atoms with Gasteiger partial charge in [0.05, 0.1) is 24.3 Å². The Morgan fingerprint density at radius 2 is 2.05 bits per heavy atom. The van der Waals surface area contributed by atoms with Crippen LogP contribution in [-0.4, -0.2) is 53.9 Å². The summed E-state index contributed by atoms with van der Waals surface area (Å²) in [7, 11) is 0. The van der Waals surface area contributed by atoms with Crippen molar-refractivity contribution in [3.05, 3.63) is 0 Å². The summed E-state index contributed by atoms with van der Waals surface area (Å²) < 4.78 is 5.56. The fourth-order valence-electron chi connectivity index (χ4n) is 2.39. The van der Waals surface area contributed by atoms with Gasteiger partial charge in [-0.05, 0) is 32.2 Å². The highest BCUT2D eigenvalue weighted by Gasteiger charge is 2.23. The van der Waals surface area contributed by atoms with Crippen molar-refractivity contribution in [2.75, 3.05) is 32.8 Å². The van der Waals surface area contributed by atoms with E-state index in [1.807, 2.05) is 0 Å². The van der Waals surface area contributed by atoms with Crippen molar-refractivity contribution in [1.82, 2.24) is 4.90 Å². The van der Waals surface area contributed by atoms with Crippen LogP contribution in [0.1, 0.15) is 39.5 Å². The molecule has 112 valence electrons. The molecule has 1 heterocycles. The lowest BCUT2D eigenvalue weighted by molar-refractivity contribution is -0.00804. The quantitative estimate of drug-likeness (QED) is 0.664. The zero-order valence-electron chi connectivity index (χ0n) is 12.2. The molecule has 4 nitrogen and oxygen atoms in total. The zero-order chi connectivity index (χ0) is 14.3. The summed E-state index contributed by atoms with van der Waals surface area (Å²) in [5.41, 5.74) is 5.71. The first-order valence-corrected chi connectivity index (χ1v) is 7.61. The number of thiocarbonyl (C=S) groups is 1. The summed E-state index contributed by atoms with van der Waals surface area (Å²) in [6.07, 6.45) is 4.64. The second-order valence-corrected chi connectivity index (χ2v) is 6.43. The van der Waals surface area contributed by atoms with Crippen molar-refractivity contribution in [3.63, 3.8) is 0 Å². The Balaban J connectivity index is 2.14. The van der Waals surface area contributed by atoms with E-state index in [0.717, 1.165) is 45.3 Å². The van der Waals surface area contributed by atoms with Gasteiger partial charge < -0.3 is 20.5 Å². The number of likely N-dealkylation sites (tertiary alicyclic amines) is 1. The molecule has 0 radical (unpaired) electrons. The Morgan fingerprint density at radius 1 is 1.42 bits per heavy atom. The number of nitrogens with zero attached hydrogens (tertiary/aromatic N) is 1. The summed E-state index contributed by atoms with van der Waals surface area (Å²) in [5, 5.41) is 8.73. The van der Waals surface area contributed by atoms with Crippen LogP contribution in [0.15, 0.2) is 0 Å². The average Bonchev–Trinajstić information content (AvgIpc) is 2.37. The van der Waals surface area contributed by atoms with E-state index >= 15 is 0 Å². The van der Waals surface area contributed by atoms with Gasteiger partial charge in [-0.2, -0.15) is 0 Å². The number of piperidine rings is 1. The van der Waals surface area contributed by atoms with Gasteiger partial charge in [0.1, 0.15) is 0 Å². The highest BCUT2D eigenvalue weighted by atomic mass is 32.1. The van der Waals surface area contributed by atoms with Gasteiger partial charge in [0.25, 0.3) is 0 Å². The molecule has 0 spiro atoms. The number of hydrogen-bond donors (Lipinski definition) is 2. The zero-order valence-corrected chi connectivity index (χ0v) is 13.0. The van der Waals surface area contributed by atoms with Gasteiger partial charge in [-0.25, -0.2) is 0 Å². The van der Waals surface area contributed by atoms with Crippen LogP contribution in [0.25, 0.3) is 0 Å². The molecule has 0 unspecified atom stereocenters. The Hall–Kier alpha value is -0.230. The number of nitrogens with two attached hydrogens (primary N) is 1. The largest absolute Gasteiger partial charge is 0.394 e. The molecule has 3 N–H and O–H groups in total. The fourth-order valence-corrected chi connectivity index (χ4v) is 2.49. The maximum atomic E-state index is 8.73. The first kappa shape index (κ1) is 16.8. The maximum absolute atomic E-state index is 8.73. The van der Waals surface area contributed by atoms with E-state index in [0.29, 0.717) is 17.7 Å².